The number of imidazole rings is 1. The number of thiophene rings is 1. The van der Waals surface area contributed by atoms with Gasteiger partial charge in [0.15, 0.2) is 5.65 Å². The van der Waals surface area contributed by atoms with Gasteiger partial charge in [-0.1, -0.05) is 32.0 Å². The van der Waals surface area contributed by atoms with Crippen LogP contribution in [0.3, 0.4) is 0 Å². The molecule has 1 atom stereocenters. The summed E-state index contributed by atoms with van der Waals surface area (Å²) in [7, 11) is 0. The molecule has 0 radical (unpaired) electrons. The van der Waals surface area contributed by atoms with Gasteiger partial charge in [-0.25, -0.2) is 9.50 Å². The molecule has 0 N–H and O–H groups in total. The number of fused-ring (bicyclic) bond motifs is 2. The van der Waals surface area contributed by atoms with Gasteiger partial charge in [-0.3, -0.25) is 0 Å². The van der Waals surface area contributed by atoms with E-state index in [9.17, 15) is 0 Å². The maximum atomic E-state index is 6.12. The normalized spacial score (nSPS) is 12.8. The number of benzene rings is 1. The van der Waals surface area contributed by atoms with E-state index >= 15 is 0 Å². The molecule has 0 aliphatic carbocycles. The Balaban J connectivity index is 1.49. The van der Waals surface area contributed by atoms with Gasteiger partial charge >= 0.3 is 0 Å². The van der Waals surface area contributed by atoms with Crippen LogP contribution in [-0.4, -0.2) is 45.2 Å². The fraction of sp³-hybridized carbons (Fsp3) is 0.391. The molecule has 4 rings (SSSR count). The highest BCUT2D eigenvalue weighted by atomic mass is 32.1. The lowest BCUT2D eigenvalue weighted by molar-refractivity contribution is 0.186. The fourth-order valence-electron chi connectivity index (χ4n) is 3.60. The highest BCUT2D eigenvalue weighted by molar-refractivity contribution is 7.22. The van der Waals surface area contributed by atoms with Crippen molar-refractivity contribution in [2.45, 2.75) is 39.7 Å². The second kappa shape index (κ2) is 8.93. The molecule has 0 aliphatic heterocycles. The third-order valence-electron chi connectivity index (χ3n) is 5.32. The van der Waals surface area contributed by atoms with Crippen molar-refractivity contribution in [3.8, 4) is 16.5 Å². The molecule has 1 aromatic carbocycles. The van der Waals surface area contributed by atoms with Crippen LogP contribution >= 0.6 is 11.3 Å². The average Bonchev–Trinajstić information content (AvgIpc) is 3.34. The van der Waals surface area contributed by atoms with Gasteiger partial charge in [-0.15, -0.1) is 16.4 Å². The Morgan fingerprint density at radius 1 is 1.14 bits per heavy atom. The SMILES string of the molecule is CCN(CC)CCCC(C)Oc1ccc2ncc(-c3cc4ccccc4s3)n2n1. The number of rotatable bonds is 9. The lowest BCUT2D eigenvalue weighted by Crippen LogP contribution is -2.25. The molecule has 152 valence electrons. The number of nitrogens with zero attached hydrogens (tertiary/aromatic N) is 4. The van der Waals surface area contributed by atoms with Gasteiger partial charge in [0.25, 0.3) is 0 Å². The number of ether oxygens (including phenoxy) is 1. The maximum Gasteiger partial charge on any atom is 0.232 e. The molecule has 29 heavy (non-hydrogen) atoms. The molecular formula is C23H28N4OS. The largest absolute Gasteiger partial charge is 0.474 e. The Bertz CT molecular complexity index is 1050. The van der Waals surface area contributed by atoms with Gasteiger partial charge < -0.3 is 9.64 Å². The first-order chi connectivity index (χ1) is 14.2. The molecule has 0 fully saturated rings. The molecule has 0 aliphatic rings. The van der Waals surface area contributed by atoms with E-state index in [4.69, 9.17) is 9.84 Å². The van der Waals surface area contributed by atoms with E-state index in [0.29, 0.717) is 5.88 Å². The van der Waals surface area contributed by atoms with Crippen LogP contribution in [0.2, 0.25) is 0 Å². The van der Waals surface area contributed by atoms with Gasteiger partial charge in [-0.05, 0) is 63.0 Å². The van der Waals surface area contributed by atoms with Crippen molar-refractivity contribution >= 4 is 27.1 Å². The van der Waals surface area contributed by atoms with Crippen molar-refractivity contribution in [3.05, 3.63) is 48.7 Å². The van der Waals surface area contributed by atoms with Gasteiger partial charge in [0.2, 0.25) is 5.88 Å². The van der Waals surface area contributed by atoms with Crippen LogP contribution in [0.15, 0.2) is 48.7 Å². The monoisotopic (exact) mass is 408 g/mol. The van der Waals surface area contributed by atoms with Crippen molar-refractivity contribution in [1.29, 1.82) is 0 Å². The lowest BCUT2D eigenvalue weighted by atomic mass is 10.2. The smallest absolute Gasteiger partial charge is 0.232 e. The van der Waals surface area contributed by atoms with Gasteiger partial charge in [0.1, 0.15) is 5.69 Å². The summed E-state index contributed by atoms with van der Waals surface area (Å²) in [5, 5.41) is 5.97. The highest BCUT2D eigenvalue weighted by Gasteiger charge is 2.13. The topological polar surface area (TPSA) is 42.7 Å². The first-order valence-electron chi connectivity index (χ1n) is 10.4. The zero-order valence-electron chi connectivity index (χ0n) is 17.3. The molecule has 0 saturated heterocycles. The molecule has 6 heteroatoms. The third-order valence-corrected chi connectivity index (χ3v) is 6.46. The van der Waals surface area contributed by atoms with E-state index in [1.54, 1.807) is 11.3 Å². The average molecular weight is 409 g/mol. The first-order valence-corrected chi connectivity index (χ1v) is 11.2. The first kappa shape index (κ1) is 19.9. The van der Waals surface area contributed by atoms with Crippen molar-refractivity contribution in [3.63, 3.8) is 0 Å². The number of hydrogen-bond acceptors (Lipinski definition) is 5. The van der Waals surface area contributed by atoms with Crippen molar-refractivity contribution in [2.75, 3.05) is 19.6 Å². The summed E-state index contributed by atoms with van der Waals surface area (Å²) in [4.78, 5) is 8.13. The minimum atomic E-state index is 0.131. The summed E-state index contributed by atoms with van der Waals surface area (Å²) in [6.45, 7) is 9.86. The van der Waals surface area contributed by atoms with Crippen molar-refractivity contribution in [1.82, 2.24) is 19.5 Å². The summed E-state index contributed by atoms with van der Waals surface area (Å²) >= 11 is 1.76. The molecule has 3 heterocycles. The third kappa shape index (κ3) is 4.43. The minimum absolute atomic E-state index is 0.131. The van der Waals surface area contributed by atoms with Crippen LogP contribution in [0.1, 0.15) is 33.6 Å². The van der Waals surface area contributed by atoms with Crippen molar-refractivity contribution < 1.29 is 4.74 Å². The van der Waals surface area contributed by atoms with Crippen LogP contribution in [0.4, 0.5) is 0 Å². The predicted molar refractivity (Wildman–Crippen MR) is 121 cm³/mol. The summed E-state index contributed by atoms with van der Waals surface area (Å²) in [5.74, 6) is 0.646. The molecule has 0 amide bonds. The van der Waals surface area contributed by atoms with Crippen LogP contribution in [0.5, 0.6) is 5.88 Å². The molecule has 3 aromatic heterocycles. The summed E-state index contributed by atoms with van der Waals surface area (Å²) < 4.78 is 9.28. The standard InChI is InChI=1S/C23H28N4OS/c1-4-26(5-2)14-8-9-17(3)28-23-13-12-22-24-16-19(27(22)25-23)21-15-18-10-6-7-11-20(18)29-21/h6-7,10-13,15-17H,4-5,8-9,14H2,1-3H3. The zero-order chi connectivity index (χ0) is 20.2. The van der Waals surface area contributed by atoms with E-state index in [0.717, 1.165) is 48.7 Å². The number of aromatic nitrogens is 3. The van der Waals surface area contributed by atoms with E-state index in [1.807, 2.05) is 22.8 Å². The van der Waals surface area contributed by atoms with Crippen molar-refractivity contribution in [2.24, 2.45) is 0 Å². The molecule has 5 nitrogen and oxygen atoms in total. The molecule has 1 unspecified atom stereocenters. The zero-order valence-corrected chi connectivity index (χ0v) is 18.2. The predicted octanol–water partition coefficient (Wildman–Crippen LogP) is 5.50. The Morgan fingerprint density at radius 3 is 2.76 bits per heavy atom. The summed E-state index contributed by atoms with van der Waals surface area (Å²) in [6.07, 6.45) is 4.17. The Labute approximate surface area is 175 Å². The Kier molecular flexibility index (Phi) is 6.11. The second-order valence-corrected chi connectivity index (χ2v) is 8.41. The number of hydrogen-bond donors (Lipinski definition) is 0. The summed E-state index contributed by atoms with van der Waals surface area (Å²) in [6, 6.07) is 14.5. The lowest BCUT2D eigenvalue weighted by Gasteiger charge is -2.19. The Hall–Kier alpha value is -2.44. The quantitative estimate of drug-likeness (QED) is 0.367. The van der Waals surface area contributed by atoms with Gasteiger partial charge in [-0.2, -0.15) is 0 Å². The van der Waals surface area contributed by atoms with Gasteiger partial charge in [0.05, 0.1) is 17.2 Å². The highest BCUT2D eigenvalue weighted by Crippen LogP contribution is 2.33. The molecule has 0 saturated carbocycles. The van der Waals surface area contributed by atoms with E-state index in [2.05, 4.69) is 61.0 Å². The van der Waals surface area contributed by atoms with Gasteiger partial charge in [0, 0.05) is 10.8 Å². The van der Waals surface area contributed by atoms with Crippen LogP contribution in [0, 0.1) is 0 Å². The Morgan fingerprint density at radius 2 is 1.97 bits per heavy atom. The van der Waals surface area contributed by atoms with Crippen LogP contribution < -0.4 is 4.74 Å². The molecule has 0 spiro atoms. The fourth-order valence-corrected chi connectivity index (χ4v) is 4.66. The van der Waals surface area contributed by atoms with E-state index in [1.165, 1.54) is 10.1 Å². The van der Waals surface area contributed by atoms with Crippen LogP contribution in [-0.2, 0) is 0 Å². The maximum absolute atomic E-state index is 6.12. The second-order valence-electron chi connectivity index (χ2n) is 7.33. The molecular weight excluding hydrogens is 380 g/mol. The minimum Gasteiger partial charge on any atom is -0.474 e. The molecule has 0 bridgehead atoms. The van der Waals surface area contributed by atoms with E-state index < -0.39 is 0 Å². The summed E-state index contributed by atoms with van der Waals surface area (Å²) in [5.41, 5.74) is 1.83. The van der Waals surface area contributed by atoms with E-state index in [-0.39, 0.29) is 6.10 Å². The van der Waals surface area contributed by atoms with Crippen LogP contribution in [0.25, 0.3) is 26.3 Å². The molecule has 4 aromatic rings.